The highest BCUT2D eigenvalue weighted by Crippen LogP contribution is 2.41. The fourth-order valence-corrected chi connectivity index (χ4v) is 2.47. The molecule has 0 aromatic rings. The molecule has 0 bridgehead atoms. The maximum absolute atomic E-state index is 9.34. The second-order valence-electron chi connectivity index (χ2n) is 4.09. The van der Waals surface area contributed by atoms with Crippen LogP contribution in [0.1, 0.15) is 26.7 Å². The Morgan fingerprint density at radius 2 is 1.64 bits per heavy atom. The maximum Gasteiger partial charge on any atom is 0.0622 e. The molecular weight excluding hydrogens is 174 g/mol. The third kappa shape index (κ3) is 1.77. The summed E-state index contributed by atoms with van der Waals surface area (Å²) in [6, 6.07) is 0. The van der Waals surface area contributed by atoms with Gasteiger partial charge in [-0.1, -0.05) is 38.2 Å². The van der Waals surface area contributed by atoms with Gasteiger partial charge in [-0.05, 0) is 12.8 Å². The molecule has 0 amide bonds. The summed E-state index contributed by atoms with van der Waals surface area (Å²) in [7, 11) is 0. The minimum absolute atomic E-state index is 0.0197. The van der Waals surface area contributed by atoms with Crippen LogP contribution in [-0.4, -0.2) is 35.2 Å². The number of rotatable bonds is 1. The monoisotopic (exact) mass is 195 g/mol. The number of fused-ring (bicyclic) bond motifs is 1. The van der Waals surface area contributed by atoms with Crippen LogP contribution >= 0.6 is 0 Å². The molecule has 0 aromatic heterocycles. The molecule has 80 valence electrons. The zero-order chi connectivity index (χ0) is 10.8. The summed E-state index contributed by atoms with van der Waals surface area (Å²) in [5, 5.41) is 9.34. The van der Waals surface area contributed by atoms with Crippen molar-refractivity contribution in [2.45, 2.75) is 32.2 Å². The predicted octanol–water partition coefficient (Wildman–Crippen LogP) is 1.97. The van der Waals surface area contributed by atoms with Gasteiger partial charge in [0.2, 0.25) is 0 Å². The van der Waals surface area contributed by atoms with Crippen LogP contribution in [-0.2, 0) is 0 Å². The Kier molecular flexibility index (Phi) is 3.51. The Bertz CT molecular complexity index is 225. The summed E-state index contributed by atoms with van der Waals surface area (Å²) < 4.78 is 0. The number of hydrogen-bond donors (Lipinski definition) is 1. The first-order valence-corrected chi connectivity index (χ1v) is 5.35. The van der Waals surface area contributed by atoms with Crippen molar-refractivity contribution in [3.8, 4) is 0 Å². The zero-order valence-electron chi connectivity index (χ0n) is 9.34. The summed E-state index contributed by atoms with van der Waals surface area (Å²) >= 11 is 0. The molecule has 2 aliphatic heterocycles. The molecule has 2 rings (SSSR count). The second kappa shape index (κ2) is 4.28. The summed E-state index contributed by atoms with van der Waals surface area (Å²) in [5.41, 5.74) is 2.47. The first kappa shape index (κ1) is 11.5. The van der Waals surface area contributed by atoms with E-state index in [1.165, 1.54) is 11.1 Å². The molecule has 0 saturated carbocycles. The molecular formula is C12H21NO. The minimum atomic E-state index is -0.0197. The fourth-order valence-electron chi connectivity index (χ4n) is 2.47. The topological polar surface area (TPSA) is 23.5 Å². The number of aliphatic hydroxyl groups is 1. The lowest BCUT2D eigenvalue weighted by molar-refractivity contribution is 0.100. The second-order valence-corrected chi connectivity index (χ2v) is 4.09. The Labute approximate surface area is 86.9 Å². The van der Waals surface area contributed by atoms with Crippen LogP contribution in [0.3, 0.4) is 0 Å². The standard InChI is InChI=1S/C10H15NO.C2H6/c1-8-3-10(7-12)4-9(2)6-11(10)5-8;1-2/h12H,1-7H2;1-2H3. The van der Waals surface area contributed by atoms with Gasteiger partial charge in [-0.2, -0.15) is 0 Å². The average molecular weight is 195 g/mol. The van der Waals surface area contributed by atoms with Crippen LogP contribution in [0.5, 0.6) is 0 Å². The van der Waals surface area contributed by atoms with Crippen molar-refractivity contribution < 1.29 is 5.11 Å². The molecule has 0 unspecified atom stereocenters. The van der Waals surface area contributed by atoms with Gasteiger partial charge in [0.15, 0.2) is 0 Å². The van der Waals surface area contributed by atoms with Crippen LogP contribution < -0.4 is 0 Å². The molecule has 14 heavy (non-hydrogen) atoms. The molecule has 2 aliphatic rings. The van der Waals surface area contributed by atoms with Crippen molar-refractivity contribution in [3.05, 3.63) is 24.3 Å². The summed E-state index contributed by atoms with van der Waals surface area (Å²) in [4.78, 5) is 2.30. The highest BCUT2D eigenvalue weighted by Gasteiger charge is 2.46. The minimum Gasteiger partial charge on any atom is -0.394 e. The molecule has 2 nitrogen and oxygen atoms in total. The smallest absolute Gasteiger partial charge is 0.0622 e. The first-order valence-electron chi connectivity index (χ1n) is 5.35. The van der Waals surface area contributed by atoms with Crippen LogP contribution in [0.2, 0.25) is 0 Å². The molecule has 2 fully saturated rings. The third-order valence-corrected chi connectivity index (χ3v) is 2.95. The SMILES string of the molecule is C=C1CN2CC(=C)CC2(CO)C1.CC. The van der Waals surface area contributed by atoms with Gasteiger partial charge in [0.1, 0.15) is 0 Å². The number of hydrogen-bond acceptors (Lipinski definition) is 2. The highest BCUT2D eigenvalue weighted by atomic mass is 16.3. The van der Waals surface area contributed by atoms with E-state index in [0.29, 0.717) is 0 Å². The maximum atomic E-state index is 9.34. The fraction of sp³-hybridized carbons (Fsp3) is 0.667. The van der Waals surface area contributed by atoms with Crippen molar-refractivity contribution >= 4 is 0 Å². The van der Waals surface area contributed by atoms with E-state index in [1.807, 2.05) is 13.8 Å². The van der Waals surface area contributed by atoms with Crippen LogP contribution in [0.25, 0.3) is 0 Å². The Morgan fingerprint density at radius 1 is 1.21 bits per heavy atom. The van der Waals surface area contributed by atoms with Gasteiger partial charge in [0.05, 0.1) is 12.1 Å². The molecule has 0 aliphatic carbocycles. The van der Waals surface area contributed by atoms with E-state index < -0.39 is 0 Å². The summed E-state index contributed by atoms with van der Waals surface area (Å²) in [6.07, 6.45) is 1.89. The third-order valence-electron chi connectivity index (χ3n) is 2.95. The van der Waals surface area contributed by atoms with Crippen molar-refractivity contribution in [1.82, 2.24) is 4.90 Å². The molecule has 2 heteroatoms. The average Bonchev–Trinajstić information content (AvgIpc) is 2.60. The van der Waals surface area contributed by atoms with Crippen molar-refractivity contribution in [2.24, 2.45) is 0 Å². The van der Waals surface area contributed by atoms with Crippen LogP contribution in [0.15, 0.2) is 24.3 Å². The van der Waals surface area contributed by atoms with Crippen molar-refractivity contribution in [3.63, 3.8) is 0 Å². The van der Waals surface area contributed by atoms with E-state index in [-0.39, 0.29) is 12.1 Å². The lowest BCUT2D eigenvalue weighted by atomic mass is 9.93. The van der Waals surface area contributed by atoms with E-state index in [9.17, 15) is 5.11 Å². The molecule has 2 saturated heterocycles. The number of nitrogens with zero attached hydrogens (tertiary/aromatic N) is 1. The predicted molar refractivity (Wildman–Crippen MR) is 60.3 cm³/mol. The van der Waals surface area contributed by atoms with Crippen LogP contribution in [0.4, 0.5) is 0 Å². The molecule has 2 heterocycles. The number of aliphatic hydroxyl groups excluding tert-OH is 1. The van der Waals surface area contributed by atoms with Gasteiger partial charge in [-0.25, -0.2) is 0 Å². The van der Waals surface area contributed by atoms with Crippen molar-refractivity contribution in [2.75, 3.05) is 19.7 Å². The van der Waals surface area contributed by atoms with Crippen molar-refractivity contribution in [1.29, 1.82) is 0 Å². The Morgan fingerprint density at radius 3 is 1.93 bits per heavy atom. The van der Waals surface area contributed by atoms with Gasteiger partial charge in [-0.3, -0.25) is 4.90 Å². The van der Waals surface area contributed by atoms with E-state index in [0.717, 1.165) is 25.9 Å². The quantitative estimate of drug-likeness (QED) is 0.647. The molecule has 1 N–H and O–H groups in total. The molecule has 0 spiro atoms. The highest BCUT2D eigenvalue weighted by molar-refractivity contribution is 5.25. The molecule has 0 aromatic carbocycles. The van der Waals surface area contributed by atoms with E-state index in [1.54, 1.807) is 0 Å². The van der Waals surface area contributed by atoms with E-state index in [4.69, 9.17) is 0 Å². The van der Waals surface area contributed by atoms with Gasteiger partial charge < -0.3 is 5.11 Å². The Hall–Kier alpha value is -0.600. The Balaban J connectivity index is 0.000000461. The van der Waals surface area contributed by atoms with Gasteiger partial charge >= 0.3 is 0 Å². The summed E-state index contributed by atoms with van der Waals surface area (Å²) in [6.45, 7) is 14.1. The largest absolute Gasteiger partial charge is 0.394 e. The first-order chi connectivity index (χ1) is 6.66. The van der Waals surface area contributed by atoms with Gasteiger partial charge in [-0.15, -0.1) is 0 Å². The van der Waals surface area contributed by atoms with Gasteiger partial charge in [0, 0.05) is 13.1 Å². The zero-order valence-corrected chi connectivity index (χ0v) is 9.34. The van der Waals surface area contributed by atoms with E-state index >= 15 is 0 Å². The lowest BCUT2D eigenvalue weighted by Gasteiger charge is -2.28. The molecule has 0 atom stereocenters. The molecule has 0 radical (unpaired) electrons. The van der Waals surface area contributed by atoms with Gasteiger partial charge in [0.25, 0.3) is 0 Å². The normalized spacial score (nSPS) is 24.5. The lowest BCUT2D eigenvalue weighted by Crippen LogP contribution is -2.41. The summed E-state index contributed by atoms with van der Waals surface area (Å²) in [5.74, 6) is 0. The van der Waals surface area contributed by atoms with E-state index in [2.05, 4.69) is 18.1 Å². The van der Waals surface area contributed by atoms with Crippen LogP contribution in [0, 0.1) is 0 Å².